The molecule has 2 aromatic rings. The van der Waals surface area contributed by atoms with E-state index in [-0.39, 0.29) is 0 Å². The van der Waals surface area contributed by atoms with Crippen LogP contribution in [0, 0.1) is 11.3 Å². The van der Waals surface area contributed by atoms with Crippen molar-refractivity contribution in [1.82, 2.24) is 4.98 Å². The molecule has 0 aliphatic rings. The molecule has 0 fully saturated rings. The van der Waals surface area contributed by atoms with Crippen molar-refractivity contribution in [2.75, 3.05) is 5.73 Å². The van der Waals surface area contributed by atoms with Crippen molar-refractivity contribution in [2.24, 2.45) is 0 Å². The van der Waals surface area contributed by atoms with Gasteiger partial charge in [0.2, 0.25) is 0 Å². The number of pyridine rings is 1. The lowest BCUT2D eigenvalue weighted by atomic mass is 10.2. The third kappa shape index (κ3) is 2.95. The number of aromatic nitrogens is 1. The van der Waals surface area contributed by atoms with Crippen molar-refractivity contribution in [1.29, 1.82) is 5.26 Å². The molecule has 0 saturated carbocycles. The van der Waals surface area contributed by atoms with Crippen LogP contribution >= 0.6 is 23.4 Å². The standard InChI is InChI=1S/C13H10ClN3S/c14-11-6-10(16)3-4-13(11)18-8-9-2-1-5-17-12(9)7-15/h1-6H,8,16H2. The molecule has 0 aliphatic carbocycles. The van der Waals surface area contributed by atoms with Gasteiger partial charge in [-0.05, 0) is 29.8 Å². The van der Waals surface area contributed by atoms with Crippen LogP contribution in [0.15, 0.2) is 41.4 Å². The summed E-state index contributed by atoms with van der Waals surface area (Å²) in [6.07, 6.45) is 1.61. The number of benzene rings is 1. The molecule has 2 rings (SSSR count). The van der Waals surface area contributed by atoms with Gasteiger partial charge in [-0.1, -0.05) is 17.7 Å². The molecule has 0 atom stereocenters. The molecular weight excluding hydrogens is 266 g/mol. The number of nitriles is 1. The van der Waals surface area contributed by atoms with Gasteiger partial charge in [0, 0.05) is 22.5 Å². The Morgan fingerprint density at radius 1 is 1.39 bits per heavy atom. The van der Waals surface area contributed by atoms with E-state index in [0.717, 1.165) is 10.5 Å². The monoisotopic (exact) mass is 275 g/mol. The highest BCUT2D eigenvalue weighted by Crippen LogP contribution is 2.31. The second kappa shape index (κ2) is 5.76. The molecule has 0 saturated heterocycles. The van der Waals surface area contributed by atoms with Crippen molar-refractivity contribution in [3.8, 4) is 6.07 Å². The lowest BCUT2D eigenvalue weighted by Gasteiger charge is -2.05. The first-order chi connectivity index (χ1) is 8.70. The quantitative estimate of drug-likeness (QED) is 0.688. The number of thioether (sulfide) groups is 1. The first-order valence-electron chi connectivity index (χ1n) is 5.22. The van der Waals surface area contributed by atoms with Gasteiger partial charge >= 0.3 is 0 Å². The Morgan fingerprint density at radius 2 is 2.22 bits per heavy atom. The molecule has 0 bridgehead atoms. The van der Waals surface area contributed by atoms with E-state index in [4.69, 9.17) is 22.6 Å². The Balaban J connectivity index is 2.14. The van der Waals surface area contributed by atoms with Crippen LogP contribution in [-0.4, -0.2) is 4.98 Å². The summed E-state index contributed by atoms with van der Waals surface area (Å²) < 4.78 is 0. The van der Waals surface area contributed by atoms with Crippen molar-refractivity contribution in [2.45, 2.75) is 10.6 Å². The Kier molecular flexibility index (Phi) is 4.08. The first kappa shape index (κ1) is 12.7. The maximum Gasteiger partial charge on any atom is 0.144 e. The van der Waals surface area contributed by atoms with Crippen molar-refractivity contribution < 1.29 is 0 Å². The molecule has 1 aromatic heterocycles. The van der Waals surface area contributed by atoms with E-state index in [9.17, 15) is 0 Å². The van der Waals surface area contributed by atoms with Gasteiger partial charge < -0.3 is 5.73 Å². The molecule has 0 amide bonds. The zero-order chi connectivity index (χ0) is 13.0. The van der Waals surface area contributed by atoms with Gasteiger partial charge in [0.05, 0.1) is 5.02 Å². The summed E-state index contributed by atoms with van der Waals surface area (Å²) in [6.45, 7) is 0. The van der Waals surface area contributed by atoms with Crippen LogP contribution < -0.4 is 5.73 Å². The first-order valence-corrected chi connectivity index (χ1v) is 6.59. The maximum absolute atomic E-state index is 8.94. The molecule has 1 aromatic carbocycles. The summed E-state index contributed by atoms with van der Waals surface area (Å²) in [5.74, 6) is 0.653. The van der Waals surface area contributed by atoms with E-state index in [1.807, 2.05) is 24.3 Å². The van der Waals surface area contributed by atoms with E-state index >= 15 is 0 Å². The van der Waals surface area contributed by atoms with Gasteiger partial charge in [0.15, 0.2) is 0 Å². The fourth-order valence-electron chi connectivity index (χ4n) is 1.45. The predicted octanol–water partition coefficient (Wildman–Crippen LogP) is 3.48. The summed E-state index contributed by atoms with van der Waals surface area (Å²) in [5.41, 5.74) is 7.63. The number of halogens is 1. The average molecular weight is 276 g/mol. The van der Waals surface area contributed by atoms with Crippen LogP contribution in [0.5, 0.6) is 0 Å². The van der Waals surface area contributed by atoms with E-state index < -0.39 is 0 Å². The minimum Gasteiger partial charge on any atom is -0.399 e. The Morgan fingerprint density at radius 3 is 2.94 bits per heavy atom. The van der Waals surface area contributed by atoms with Crippen LogP contribution in [0.25, 0.3) is 0 Å². The van der Waals surface area contributed by atoms with E-state index in [2.05, 4.69) is 11.1 Å². The second-order valence-corrected chi connectivity index (χ2v) is 5.03. The molecule has 0 radical (unpaired) electrons. The van der Waals surface area contributed by atoms with E-state index in [1.165, 1.54) is 0 Å². The zero-order valence-electron chi connectivity index (χ0n) is 9.43. The normalized spacial score (nSPS) is 10.0. The van der Waals surface area contributed by atoms with Crippen LogP contribution in [0.1, 0.15) is 11.3 Å². The molecular formula is C13H10ClN3S. The van der Waals surface area contributed by atoms with Crippen LogP contribution in [0.4, 0.5) is 5.69 Å². The molecule has 2 N–H and O–H groups in total. The number of nitrogen functional groups attached to an aromatic ring is 1. The number of nitrogens with two attached hydrogens (primary N) is 1. The zero-order valence-corrected chi connectivity index (χ0v) is 11.0. The SMILES string of the molecule is N#Cc1ncccc1CSc1ccc(N)cc1Cl. The highest BCUT2D eigenvalue weighted by molar-refractivity contribution is 7.98. The Hall–Kier alpha value is -1.70. The lowest BCUT2D eigenvalue weighted by Crippen LogP contribution is -1.91. The summed E-state index contributed by atoms with van der Waals surface area (Å²) in [6, 6.07) is 11.2. The summed E-state index contributed by atoms with van der Waals surface area (Å²) in [7, 11) is 0. The second-order valence-electron chi connectivity index (χ2n) is 3.60. The van der Waals surface area contributed by atoms with Gasteiger partial charge in [-0.15, -0.1) is 11.8 Å². The van der Waals surface area contributed by atoms with Crippen LogP contribution in [0.3, 0.4) is 0 Å². The Labute approximate surface area is 115 Å². The molecule has 18 heavy (non-hydrogen) atoms. The van der Waals surface area contributed by atoms with Crippen molar-refractivity contribution >= 4 is 29.1 Å². The summed E-state index contributed by atoms with van der Waals surface area (Å²) in [5, 5.41) is 9.57. The molecule has 90 valence electrons. The third-order valence-electron chi connectivity index (χ3n) is 2.34. The highest BCUT2D eigenvalue weighted by Gasteiger charge is 2.06. The molecule has 0 aliphatic heterocycles. The fraction of sp³-hybridized carbons (Fsp3) is 0.0769. The molecule has 5 heteroatoms. The predicted molar refractivity (Wildman–Crippen MR) is 74.4 cm³/mol. The van der Waals surface area contributed by atoms with Gasteiger partial charge in [-0.25, -0.2) is 4.98 Å². The molecule has 0 spiro atoms. The van der Waals surface area contributed by atoms with Crippen LogP contribution in [-0.2, 0) is 5.75 Å². The largest absolute Gasteiger partial charge is 0.399 e. The summed E-state index contributed by atoms with van der Waals surface area (Å²) in [4.78, 5) is 4.96. The Bertz CT molecular complexity index is 607. The lowest BCUT2D eigenvalue weighted by molar-refractivity contribution is 1.19. The van der Waals surface area contributed by atoms with E-state index in [1.54, 1.807) is 24.0 Å². The number of nitrogens with zero attached hydrogens (tertiary/aromatic N) is 2. The molecule has 0 unspecified atom stereocenters. The maximum atomic E-state index is 8.94. The van der Waals surface area contributed by atoms with Gasteiger partial charge in [0.25, 0.3) is 0 Å². The number of hydrogen-bond acceptors (Lipinski definition) is 4. The van der Waals surface area contributed by atoms with Gasteiger partial charge in [0.1, 0.15) is 11.8 Å². The smallest absolute Gasteiger partial charge is 0.144 e. The van der Waals surface area contributed by atoms with Crippen molar-refractivity contribution in [3.63, 3.8) is 0 Å². The minimum absolute atomic E-state index is 0.455. The molecule has 3 nitrogen and oxygen atoms in total. The number of rotatable bonds is 3. The fourth-order valence-corrected chi connectivity index (χ4v) is 2.70. The minimum atomic E-state index is 0.455. The highest BCUT2D eigenvalue weighted by atomic mass is 35.5. The topological polar surface area (TPSA) is 62.7 Å². The number of anilines is 1. The number of hydrogen-bond donors (Lipinski definition) is 1. The average Bonchev–Trinajstić information content (AvgIpc) is 2.38. The van der Waals surface area contributed by atoms with E-state index in [0.29, 0.717) is 22.2 Å². The van der Waals surface area contributed by atoms with Crippen molar-refractivity contribution in [3.05, 3.63) is 52.8 Å². The van der Waals surface area contributed by atoms with Gasteiger partial charge in [-0.2, -0.15) is 5.26 Å². The van der Waals surface area contributed by atoms with Crippen LogP contribution in [0.2, 0.25) is 5.02 Å². The summed E-state index contributed by atoms with van der Waals surface area (Å²) >= 11 is 7.65. The van der Waals surface area contributed by atoms with Gasteiger partial charge in [-0.3, -0.25) is 0 Å². The molecule has 1 heterocycles. The third-order valence-corrected chi connectivity index (χ3v) is 3.88.